The summed E-state index contributed by atoms with van der Waals surface area (Å²) in [4.78, 5) is 20.2. The standard InChI is InChI=1S/C20H26N2O2/c1-3-12-22(20(23)16-9-5-6-10-16)14-17-13-19(21-24-17)18-11-7-4-8-15(18)2/h3-4,7-8,11,16-17H,1,5-6,9-10,12-14H2,2H3/t17-/m0/s1. The average molecular weight is 326 g/mol. The van der Waals surface area contributed by atoms with E-state index in [4.69, 9.17) is 4.84 Å². The molecule has 1 amide bonds. The molecule has 0 saturated heterocycles. The van der Waals surface area contributed by atoms with Gasteiger partial charge < -0.3 is 9.74 Å². The zero-order valence-electron chi connectivity index (χ0n) is 14.4. The number of rotatable bonds is 6. The first-order valence-corrected chi connectivity index (χ1v) is 8.87. The summed E-state index contributed by atoms with van der Waals surface area (Å²) in [5, 5.41) is 4.27. The minimum absolute atomic E-state index is 0.0649. The molecule has 4 heteroatoms. The molecule has 1 fully saturated rings. The SMILES string of the molecule is C=CCN(C[C@@H]1CC(c2ccccc2C)=NO1)C(=O)C1CCCC1. The van der Waals surface area contributed by atoms with Crippen molar-refractivity contribution in [2.45, 2.75) is 45.1 Å². The molecule has 1 aromatic rings. The summed E-state index contributed by atoms with van der Waals surface area (Å²) >= 11 is 0. The average Bonchev–Trinajstić information content (AvgIpc) is 3.26. The molecule has 1 heterocycles. The normalized spacial score (nSPS) is 20.5. The lowest BCUT2D eigenvalue weighted by Crippen LogP contribution is -2.40. The van der Waals surface area contributed by atoms with Crippen molar-refractivity contribution in [3.05, 3.63) is 48.0 Å². The predicted octanol–water partition coefficient (Wildman–Crippen LogP) is 3.69. The van der Waals surface area contributed by atoms with Crippen LogP contribution < -0.4 is 0 Å². The highest BCUT2D eigenvalue weighted by Gasteiger charge is 2.31. The molecule has 1 saturated carbocycles. The molecule has 1 aromatic carbocycles. The molecule has 0 bridgehead atoms. The highest BCUT2D eigenvalue weighted by Crippen LogP contribution is 2.27. The van der Waals surface area contributed by atoms with Crippen LogP contribution in [-0.4, -0.2) is 35.7 Å². The zero-order chi connectivity index (χ0) is 16.9. The molecule has 2 aliphatic rings. The quantitative estimate of drug-likeness (QED) is 0.748. The Kier molecular flexibility index (Phi) is 5.34. The van der Waals surface area contributed by atoms with Crippen LogP contribution >= 0.6 is 0 Å². The zero-order valence-corrected chi connectivity index (χ0v) is 14.4. The van der Waals surface area contributed by atoms with Gasteiger partial charge in [0.15, 0.2) is 6.10 Å². The smallest absolute Gasteiger partial charge is 0.226 e. The molecule has 1 aliphatic carbocycles. The maximum atomic E-state index is 12.7. The second kappa shape index (κ2) is 7.65. The topological polar surface area (TPSA) is 41.9 Å². The van der Waals surface area contributed by atoms with Crippen LogP contribution in [0.4, 0.5) is 0 Å². The van der Waals surface area contributed by atoms with E-state index < -0.39 is 0 Å². The van der Waals surface area contributed by atoms with E-state index in [0.717, 1.165) is 30.5 Å². The van der Waals surface area contributed by atoms with Gasteiger partial charge in [-0.05, 0) is 25.3 Å². The van der Waals surface area contributed by atoms with E-state index in [9.17, 15) is 4.79 Å². The van der Waals surface area contributed by atoms with Crippen molar-refractivity contribution in [2.75, 3.05) is 13.1 Å². The minimum atomic E-state index is -0.0649. The number of nitrogens with zero attached hydrogens (tertiary/aromatic N) is 2. The van der Waals surface area contributed by atoms with Crippen LogP contribution in [0.5, 0.6) is 0 Å². The van der Waals surface area contributed by atoms with Gasteiger partial charge in [-0.3, -0.25) is 4.79 Å². The predicted molar refractivity (Wildman–Crippen MR) is 95.9 cm³/mol. The van der Waals surface area contributed by atoms with E-state index in [0.29, 0.717) is 13.1 Å². The number of benzene rings is 1. The molecule has 24 heavy (non-hydrogen) atoms. The van der Waals surface area contributed by atoms with Gasteiger partial charge in [-0.25, -0.2) is 0 Å². The molecule has 0 N–H and O–H groups in total. The molecule has 3 rings (SSSR count). The summed E-state index contributed by atoms with van der Waals surface area (Å²) in [6, 6.07) is 8.20. The van der Waals surface area contributed by atoms with E-state index in [1.165, 1.54) is 18.4 Å². The summed E-state index contributed by atoms with van der Waals surface area (Å²) in [5.74, 6) is 0.434. The van der Waals surface area contributed by atoms with E-state index in [2.05, 4.69) is 30.8 Å². The number of hydrogen-bond acceptors (Lipinski definition) is 3. The number of oxime groups is 1. The number of aryl methyl sites for hydroxylation is 1. The molecular weight excluding hydrogens is 300 g/mol. The fraction of sp³-hybridized carbons (Fsp3) is 0.500. The lowest BCUT2D eigenvalue weighted by Gasteiger charge is -2.26. The van der Waals surface area contributed by atoms with Gasteiger partial charge in [0.2, 0.25) is 5.91 Å². The Hall–Kier alpha value is -2.10. The summed E-state index contributed by atoms with van der Waals surface area (Å²) in [7, 11) is 0. The Morgan fingerprint density at radius 3 is 2.83 bits per heavy atom. The third-order valence-corrected chi connectivity index (χ3v) is 4.98. The maximum absolute atomic E-state index is 12.7. The Balaban J connectivity index is 1.62. The highest BCUT2D eigenvalue weighted by atomic mass is 16.6. The first kappa shape index (κ1) is 16.7. The van der Waals surface area contributed by atoms with Gasteiger partial charge in [0.1, 0.15) is 0 Å². The molecule has 1 aliphatic heterocycles. The van der Waals surface area contributed by atoms with Gasteiger partial charge in [0.25, 0.3) is 0 Å². The van der Waals surface area contributed by atoms with Crippen molar-refractivity contribution in [3.63, 3.8) is 0 Å². The van der Waals surface area contributed by atoms with Crippen LogP contribution in [0.15, 0.2) is 42.1 Å². The first-order chi connectivity index (χ1) is 11.7. The van der Waals surface area contributed by atoms with E-state index >= 15 is 0 Å². The Labute approximate surface area is 144 Å². The van der Waals surface area contributed by atoms with Crippen molar-refractivity contribution in [3.8, 4) is 0 Å². The molecule has 0 spiro atoms. The molecule has 1 atom stereocenters. The van der Waals surface area contributed by atoms with E-state index in [1.807, 2.05) is 17.0 Å². The molecule has 4 nitrogen and oxygen atoms in total. The van der Waals surface area contributed by atoms with Crippen LogP contribution in [0.2, 0.25) is 0 Å². The molecule has 0 radical (unpaired) electrons. The van der Waals surface area contributed by atoms with Gasteiger partial charge in [-0.15, -0.1) is 6.58 Å². The van der Waals surface area contributed by atoms with Gasteiger partial charge >= 0.3 is 0 Å². The molecule has 0 unspecified atom stereocenters. The van der Waals surface area contributed by atoms with Crippen molar-refractivity contribution in [2.24, 2.45) is 11.1 Å². The molecule has 0 aromatic heterocycles. The van der Waals surface area contributed by atoms with E-state index in [1.54, 1.807) is 6.08 Å². The fourth-order valence-corrected chi connectivity index (χ4v) is 3.67. The molecular formula is C20H26N2O2. The summed E-state index contributed by atoms with van der Waals surface area (Å²) in [5.41, 5.74) is 3.31. The van der Waals surface area contributed by atoms with Crippen molar-refractivity contribution >= 4 is 11.6 Å². The summed E-state index contributed by atoms with van der Waals surface area (Å²) < 4.78 is 0. The third-order valence-electron chi connectivity index (χ3n) is 4.98. The first-order valence-electron chi connectivity index (χ1n) is 8.87. The second-order valence-corrected chi connectivity index (χ2v) is 6.80. The second-order valence-electron chi connectivity index (χ2n) is 6.80. The highest BCUT2D eigenvalue weighted by molar-refractivity contribution is 6.02. The van der Waals surface area contributed by atoms with Crippen molar-refractivity contribution in [1.82, 2.24) is 4.90 Å². The van der Waals surface area contributed by atoms with Crippen LogP contribution in [0.25, 0.3) is 0 Å². The van der Waals surface area contributed by atoms with Crippen LogP contribution in [-0.2, 0) is 9.63 Å². The van der Waals surface area contributed by atoms with Crippen LogP contribution in [0.3, 0.4) is 0 Å². The summed E-state index contributed by atoms with van der Waals surface area (Å²) in [6.07, 6.45) is 6.84. The fourth-order valence-electron chi connectivity index (χ4n) is 3.67. The summed E-state index contributed by atoms with van der Waals surface area (Å²) in [6.45, 7) is 7.04. The number of amides is 1. The number of carbonyl (C=O) groups is 1. The number of carbonyl (C=O) groups excluding carboxylic acids is 1. The number of hydrogen-bond donors (Lipinski definition) is 0. The Morgan fingerprint density at radius 2 is 2.12 bits per heavy atom. The van der Waals surface area contributed by atoms with Crippen LogP contribution in [0.1, 0.15) is 43.2 Å². The van der Waals surface area contributed by atoms with E-state index in [-0.39, 0.29) is 17.9 Å². The van der Waals surface area contributed by atoms with Crippen molar-refractivity contribution in [1.29, 1.82) is 0 Å². The Bertz CT molecular complexity index is 632. The maximum Gasteiger partial charge on any atom is 0.226 e. The Morgan fingerprint density at radius 1 is 1.38 bits per heavy atom. The van der Waals surface area contributed by atoms with Crippen molar-refractivity contribution < 1.29 is 9.63 Å². The lowest BCUT2D eigenvalue weighted by atomic mass is 10.00. The minimum Gasteiger partial charge on any atom is -0.390 e. The third kappa shape index (κ3) is 3.69. The van der Waals surface area contributed by atoms with Gasteiger partial charge in [0.05, 0.1) is 12.3 Å². The monoisotopic (exact) mass is 326 g/mol. The van der Waals surface area contributed by atoms with Gasteiger partial charge in [-0.2, -0.15) is 0 Å². The van der Waals surface area contributed by atoms with Crippen LogP contribution in [0, 0.1) is 12.8 Å². The lowest BCUT2D eigenvalue weighted by molar-refractivity contribution is -0.136. The van der Waals surface area contributed by atoms with Gasteiger partial charge in [0, 0.05) is 24.4 Å². The van der Waals surface area contributed by atoms with Gasteiger partial charge in [-0.1, -0.05) is 48.3 Å². The molecule has 128 valence electrons. The largest absolute Gasteiger partial charge is 0.390 e.